The van der Waals surface area contributed by atoms with Crippen molar-refractivity contribution in [3.05, 3.63) is 47.0 Å². The van der Waals surface area contributed by atoms with E-state index in [0.717, 1.165) is 5.82 Å². The van der Waals surface area contributed by atoms with Gasteiger partial charge in [-0.2, -0.15) is 0 Å². The number of benzene rings is 1. The quantitative estimate of drug-likeness (QED) is 0.921. The molecule has 0 atom stereocenters. The van der Waals surface area contributed by atoms with Crippen molar-refractivity contribution in [1.82, 2.24) is 19.4 Å². The molecule has 0 fully saturated rings. The number of amides is 3. The summed E-state index contributed by atoms with van der Waals surface area (Å²) in [6, 6.07) is 4.53. The predicted molar refractivity (Wildman–Crippen MR) is 93.2 cm³/mol. The van der Waals surface area contributed by atoms with Crippen molar-refractivity contribution in [2.24, 2.45) is 7.05 Å². The Kier molecular flexibility index (Phi) is 5.46. The van der Waals surface area contributed by atoms with E-state index in [2.05, 4.69) is 10.3 Å². The average Bonchev–Trinajstić information content (AvgIpc) is 2.93. The first-order valence-electron chi connectivity index (χ1n) is 7.29. The molecule has 0 saturated carbocycles. The van der Waals surface area contributed by atoms with Crippen LogP contribution in [0.4, 0.5) is 10.5 Å². The van der Waals surface area contributed by atoms with Gasteiger partial charge in [-0.15, -0.1) is 0 Å². The van der Waals surface area contributed by atoms with E-state index >= 15 is 0 Å². The van der Waals surface area contributed by atoms with Crippen LogP contribution in [0.3, 0.4) is 0 Å². The lowest BCUT2D eigenvalue weighted by atomic mass is 10.1. The summed E-state index contributed by atoms with van der Waals surface area (Å²) >= 11 is 6.16. The van der Waals surface area contributed by atoms with Gasteiger partial charge >= 0.3 is 6.03 Å². The third-order valence-electron chi connectivity index (χ3n) is 3.50. The number of rotatable bonds is 4. The number of carbonyl (C=O) groups excluding carboxylic acids is 2. The number of imidazole rings is 1. The van der Waals surface area contributed by atoms with Crippen LogP contribution in [0, 0.1) is 0 Å². The highest BCUT2D eigenvalue weighted by atomic mass is 35.5. The topological polar surface area (TPSA) is 70.5 Å². The third-order valence-corrected chi connectivity index (χ3v) is 3.83. The Hall–Kier alpha value is -2.54. The van der Waals surface area contributed by atoms with E-state index in [1.165, 1.54) is 9.80 Å². The fourth-order valence-corrected chi connectivity index (χ4v) is 2.24. The van der Waals surface area contributed by atoms with E-state index in [-0.39, 0.29) is 11.9 Å². The summed E-state index contributed by atoms with van der Waals surface area (Å²) in [6.45, 7) is 0.354. The number of urea groups is 1. The zero-order valence-electron chi connectivity index (χ0n) is 14.1. The molecule has 0 spiro atoms. The monoisotopic (exact) mass is 349 g/mol. The molecule has 2 rings (SSSR count). The molecule has 0 radical (unpaired) electrons. The van der Waals surface area contributed by atoms with E-state index in [1.807, 2.05) is 17.8 Å². The standard InChI is InChI=1S/C16H20ClN5O2/c1-20(2)16(24)19-11-5-6-13(17)12(9-11)15(23)22(4)10-14-18-7-8-21(14)3/h5-9H,10H2,1-4H3,(H,19,24). The normalized spacial score (nSPS) is 10.4. The number of hydrogen-bond acceptors (Lipinski definition) is 3. The van der Waals surface area contributed by atoms with E-state index in [1.54, 1.807) is 45.5 Å². The maximum absolute atomic E-state index is 12.7. The van der Waals surface area contributed by atoms with Crippen molar-refractivity contribution in [2.45, 2.75) is 6.54 Å². The van der Waals surface area contributed by atoms with Crippen LogP contribution in [-0.4, -0.2) is 52.4 Å². The zero-order valence-corrected chi connectivity index (χ0v) is 14.8. The summed E-state index contributed by atoms with van der Waals surface area (Å²) in [4.78, 5) is 31.5. The molecular weight excluding hydrogens is 330 g/mol. The van der Waals surface area contributed by atoms with E-state index in [9.17, 15) is 9.59 Å². The number of hydrogen-bond donors (Lipinski definition) is 1. The molecule has 1 N–H and O–H groups in total. The molecule has 8 heteroatoms. The summed E-state index contributed by atoms with van der Waals surface area (Å²) in [7, 11) is 6.82. The number of nitrogens with zero attached hydrogens (tertiary/aromatic N) is 4. The first-order chi connectivity index (χ1) is 11.3. The van der Waals surface area contributed by atoms with Gasteiger partial charge in [0.25, 0.3) is 5.91 Å². The number of aryl methyl sites for hydroxylation is 1. The molecule has 0 saturated heterocycles. The van der Waals surface area contributed by atoms with Crippen LogP contribution in [0.15, 0.2) is 30.6 Å². The van der Waals surface area contributed by atoms with Gasteiger partial charge in [0.1, 0.15) is 5.82 Å². The highest BCUT2D eigenvalue weighted by Crippen LogP contribution is 2.22. The molecule has 7 nitrogen and oxygen atoms in total. The van der Waals surface area contributed by atoms with Crippen molar-refractivity contribution >= 4 is 29.2 Å². The number of nitrogens with one attached hydrogen (secondary N) is 1. The summed E-state index contributed by atoms with van der Waals surface area (Å²) in [5.74, 6) is 0.517. The Balaban J connectivity index is 2.18. The highest BCUT2D eigenvalue weighted by Gasteiger charge is 2.18. The van der Waals surface area contributed by atoms with Crippen molar-refractivity contribution in [1.29, 1.82) is 0 Å². The molecule has 128 valence electrons. The molecule has 1 aromatic carbocycles. The first kappa shape index (κ1) is 17.8. The molecule has 0 bridgehead atoms. The number of carbonyl (C=O) groups is 2. The van der Waals surface area contributed by atoms with Gasteiger partial charge < -0.3 is 19.7 Å². The molecule has 3 amide bonds. The molecule has 0 aliphatic carbocycles. The van der Waals surface area contributed by atoms with E-state index in [0.29, 0.717) is 22.8 Å². The smallest absolute Gasteiger partial charge is 0.321 e. The van der Waals surface area contributed by atoms with E-state index < -0.39 is 0 Å². The van der Waals surface area contributed by atoms with Crippen molar-refractivity contribution < 1.29 is 9.59 Å². The Morgan fingerprint density at radius 3 is 2.58 bits per heavy atom. The van der Waals surface area contributed by atoms with Gasteiger partial charge in [0.05, 0.1) is 17.1 Å². The van der Waals surface area contributed by atoms with Crippen LogP contribution in [0.25, 0.3) is 0 Å². The maximum atomic E-state index is 12.7. The Morgan fingerprint density at radius 2 is 2.00 bits per heavy atom. The molecule has 0 aliphatic rings. The van der Waals surface area contributed by atoms with Gasteiger partial charge in [0.15, 0.2) is 0 Å². The van der Waals surface area contributed by atoms with Crippen LogP contribution in [-0.2, 0) is 13.6 Å². The van der Waals surface area contributed by atoms with Crippen molar-refractivity contribution in [3.8, 4) is 0 Å². The Bertz CT molecular complexity index is 757. The second-order valence-electron chi connectivity index (χ2n) is 5.63. The van der Waals surface area contributed by atoms with E-state index in [4.69, 9.17) is 11.6 Å². The summed E-state index contributed by atoms with van der Waals surface area (Å²) in [5, 5.41) is 3.03. The lowest BCUT2D eigenvalue weighted by molar-refractivity contribution is 0.0780. The second kappa shape index (κ2) is 7.35. The second-order valence-corrected chi connectivity index (χ2v) is 6.04. The van der Waals surface area contributed by atoms with Crippen molar-refractivity contribution in [2.75, 3.05) is 26.5 Å². The zero-order chi connectivity index (χ0) is 17.9. The fraction of sp³-hybridized carbons (Fsp3) is 0.312. The lowest BCUT2D eigenvalue weighted by Gasteiger charge is -2.18. The summed E-state index contributed by atoms with van der Waals surface area (Å²) in [6.07, 6.45) is 3.50. The Morgan fingerprint density at radius 1 is 1.29 bits per heavy atom. The number of aromatic nitrogens is 2. The largest absolute Gasteiger partial charge is 0.337 e. The molecule has 2 aromatic rings. The lowest BCUT2D eigenvalue weighted by Crippen LogP contribution is -2.29. The van der Waals surface area contributed by atoms with Crippen LogP contribution in [0.5, 0.6) is 0 Å². The maximum Gasteiger partial charge on any atom is 0.321 e. The molecule has 24 heavy (non-hydrogen) atoms. The van der Waals surface area contributed by atoms with Crippen LogP contribution in [0.1, 0.15) is 16.2 Å². The van der Waals surface area contributed by atoms with Gasteiger partial charge in [0, 0.05) is 46.3 Å². The first-order valence-corrected chi connectivity index (χ1v) is 7.67. The van der Waals surface area contributed by atoms with Gasteiger partial charge in [-0.05, 0) is 18.2 Å². The Labute approximate surface area is 145 Å². The third kappa shape index (κ3) is 4.05. The molecule has 1 heterocycles. The van der Waals surface area contributed by atoms with Gasteiger partial charge in [0.2, 0.25) is 0 Å². The van der Waals surface area contributed by atoms with Gasteiger partial charge in [-0.3, -0.25) is 4.79 Å². The minimum absolute atomic E-state index is 0.246. The van der Waals surface area contributed by atoms with Crippen LogP contribution >= 0.6 is 11.6 Å². The van der Waals surface area contributed by atoms with Crippen LogP contribution in [0.2, 0.25) is 5.02 Å². The minimum Gasteiger partial charge on any atom is -0.337 e. The average molecular weight is 350 g/mol. The van der Waals surface area contributed by atoms with Gasteiger partial charge in [-0.1, -0.05) is 11.6 Å². The predicted octanol–water partition coefficient (Wildman–Crippen LogP) is 2.44. The van der Waals surface area contributed by atoms with Crippen molar-refractivity contribution in [3.63, 3.8) is 0 Å². The number of halogens is 1. The molecule has 1 aromatic heterocycles. The summed E-state index contributed by atoms with van der Waals surface area (Å²) < 4.78 is 1.85. The molecule has 0 unspecified atom stereocenters. The molecule has 0 aliphatic heterocycles. The van der Waals surface area contributed by atoms with Gasteiger partial charge in [-0.25, -0.2) is 9.78 Å². The highest BCUT2D eigenvalue weighted by molar-refractivity contribution is 6.34. The SMILES string of the molecule is CN(C)C(=O)Nc1ccc(Cl)c(C(=O)N(C)Cc2nccn2C)c1. The number of anilines is 1. The summed E-state index contributed by atoms with van der Waals surface area (Å²) in [5.41, 5.74) is 0.830. The fourth-order valence-electron chi connectivity index (χ4n) is 2.04. The molecular formula is C16H20ClN5O2. The van der Waals surface area contributed by atoms with Crippen LogP contribution < -0.4 is 5.32 Å². The minimum atomic E-state index is -0.280.